The lowest BCUT2D eigenvalue weighted by Crippen LogP contribution is -2.50. The van der Waals surface area contributed by atoms with Crippen LogP contribution in [0.5, 0.6) is 5.88 Å². The third-order valence-corrected chi connectivity index (χ3v) is 6.94. The van der Waals surface area contributed by atoms with Crippen LogP contribution in [0.2, 0.25) is 0 Å². The maximum atomic E-state index is 14.0. The molecule has 5 heterocycles. The van der Waals surface area contributed by atoms with E-state index in [1.54, 1.807) is 22.6 Å². The molecule has 172 valence electrons. The van der Waals surface area contributed by atoms with Gasteiger partial charge >= 0.3 is 0 Å². The van der Waals surface area contributed by atoms with Crippen LogP contribution in [-0.4, -0.2) is 43.0 Å². The van der Waals surface area contributed by atoms with Gasteiger partial charge in [-0.25, -0.2) is 17.9 Å². The number of aryl methyl sites for hydroxylation is 2. The van der Waals surface area contributed by atoms with Gasteiger partial charge in [0.2, 0.25) is 5.88 Å². The molecule has 2 aromatic heterocycles. The quantitative estimate of drug-likeness (QED) is 0.550. The molecule has 0 unspecified atom stereocenters. The SMILES string of the molecule is Cn1nc2c(c1-c1cc(F)c(F)c(F)c1)C[C@H]1CCC[C@@H]2N1C(=O)c1cnn2c1OCCC2. The molecule has 2 atom stereocenters. The summed E-state index contributed by atoms with van der Waals surface area (Å²) in [5.74, 6) is -3.59. The van der Waals surface area contributed by atoms with E-state index >= 15 is 0 Å². The molecule has 0 radical (unpaired) electrons. The molecular formula is C23H22F3N5O2. The number of amides is 1. The minimum absolute atomic E-state index is 0.0824. The molecule has 3 aliphatic heterocycles. The lowest BCUT2D eigenvalue weighted by atomic mass is 9.81. The van der Waals surface area contributed by atoms with Crippen LogP contribution in [0.15, 0.2) is 18.3 Å². The Morgan fingerprint density at radius 1 is 1.15 bits per heavy atom. The van der Waals surface area contributed by atoms with Gasteiger partial charge in [-0.05, 0) is 37.8 Å². The highest BCUT2D eigenvalue weighted by Gasteiger charge is 2.44. The summed E-state index contributed by atoms with van der Waals surface area (Å²) >= 11 is 0. The average Bonchev–Trinajstić information content (AvgIpc) is 3.37. The van der Waals surface area contributed by atoms with Crippen LogP contribution in [0.25, 0.3) is 11.3 Å². The zero-order chi connectivity index (χ0) is 22.9. The van der Waals surface area contributed by atoms with E-state index in [1.165, 1.54) is 0 Å². The molecule has 10 heteroatoms. The fraction of sp³-hybridized carbons (Fsp3) is 0.435. The molecule has 2 bridgehead atoms. The molecule has 0 N–H and O–H groups in total. The van der Waals surface area contributed by atoms with Crippen molar-refractivity contribution in [2.75, 3.05) is 6.61 Å². The average molecular weight is 457 g/mol. The van der Waals surface area contributed by atoms with Crippen LogP contribution in [0.4, 0.5) is 13.2 Å². The van der Waals surface area contributed by atoms with Crippen LogP contribution >= 0.6 is 0 Å². The summed E-state index contributed by atoms with van der Waals surface area (Å²) in [4.78, 5) is 15.5. The van der Waals surface area contributed by atoms with Crippen molar-refractivity contribution in [3.05, 3.63) is 52.6 Å². The third kappa shape index (κ3) is 2.99. The zero-order valence-corrected chi connectivity index (χ0v) is 18.0. The number of ether oxygens (including phenoxy) is 1. The van der Waals surface area contributed by atoms with Gasteiger partial charge in [0.15, 0.2) is 17.5 Å². The number of carbonyl (C=O) groups is 1. The van der Waals surface area contributed by atoms with Crippen molar-refractivity contribution in [1.82, 2.24) is 24.5 Å². The Balaban J connectivity index is 1.42. The van der Waals surface area contributed by atoms with Gasteiger partial charge in [0.25, 0.3) is 5.91 Å². The minimum atomic E-state index is -1.49. The molecule has 0 saturated carbocycles. The van der Waals surface area contributed by atoms with Crippen LogP contribution in [0, 0.1) is 17.5 Å². The Kier molecular flexibility index (Phi) is 4.53. The number of fused-ring (bicyclic) bond motifs is 5. The molecule has 33 heavy (non-hydrogen) atoms. The zero-order valence-electron chi connectivity index (χ0n) is 18.0. The first-order valence-electron chi connectivity index (χ1n) is 11.2. The Labute approximate surface area is 187 Å². The molecule has 0 spiro atoms. The topological polar surface area (TPSA) is 65.2 Å². The predicted molar refractivity (Wildman–Crippen MR) is 111 cm³/mol. The number of halogens is 3. The Hall–Kier alpha value is -3.30. The largest absolute Gasteiger partial charge is 0.477 e. The van der Waals surface area contributed by atoms with Gasteiger partial charge in [0.1, 0.15) is 5.56 Å². The van der Waals surface area contributed by atoms with Gasteiger partial charge in [0, 0.05) is 37.2 Å². The van der Waals surface area contributed by atoms with Crippen molar-refractivity contribution in [3.8, 4) is 17.1 Å². The third-order valence-electron chi connectivity index (χ3n) is 6.94. The Morgan fingerprint density at radius 2 is 1.94 bits per heavy atom. The van der Waals surface area contributed by atoms with E-state index in [0.29, 0.717) is 36.7 Å². The number of benzene rings is 1. The summed E-state index contributed by atoms with van der Waals surface area (Å²) in [6.07, 6.45) is 5.43. The second-order valence-corrected chi connectivity index (χ2v) is 8.90. The number of aromatic nitrogens is 4. The summed E-state index contributed by atoms with van der Waals surface area (Å²) in [5, 5.41) is 8.98. The summed E-state index contributed by atoms with van der Waals surface area (Å²) in [5.41, 5.74) is 2.82. The van der Waals surface area contributed by atoms with Gasteiger partial charge in [-0.2, -0.15) is 10.2 Å². The molecule has 0 aliphatic carbocycles. The number of hydrogen-bond donors (Lipinski definition) is 0. The maximum Gasteiger partial charge on any atom is 0.261 e. The van der Waals surface area contributed by atoms with Crippen LogP contribution in [0.1, 0.15) is 53.3 Å². The molecule has 3 aliphatic rings. The van der Waals surface area contributed by atoms with E-state index in [0.717, 1.165) is 49.1 Å². The molecule has 1 fully saturated rings. The summed E-state index contributed by atoms with van der Waals surface area (Å²) < 4.78 is 50.5. The number of carbonyl (C=O) groups excluding carboxylic acids is 1. The smallest absolute Gasteiger partial charge is 0.261 e. The van der Waals surface area contributed by atoms with Crippen molar-refractivity contribution in [2.24, 2.45) is 7.05 Å². The molecule has 1 saturated heterocycles. The number of piperidine rings is 1. The van der Waals surface area contributed by atoms with Crippen molar-refractivity contribution < 1.29 is 22.7 Å². The van der Waals surface area contributed by atoms with Crippen LogP contribution in [-0.2, 0) is 20.0 Å². The van der Waals surface area contributed by atoms with Gasteiger partial charge in [0.05, 0.1) is 30.2 Å². The molecule has 1 aromatic carbocycles. The second-order valence-electron chi connectivity index (χ2n) is 8.90. The first-order chi connectivity index (χ1) is 15.9. The van der Waals surface area contributed by atoms with Crippen molar-refractivity contribution >= 4 is 5.91 Å². The van der Waals surface area contributed by atoms with Gasteiger partial charge < -0.3 is 9.64 Å². The molecular weight excluding hydrogens is 435 g/mol. The van der Waals surface area contributed by atoms with E-state index in [9.17, 15) is 18.0 Å². The van der Waals surface area contributed by atoms with E-state index in [1.807, 2.05) is 4.90 Å². The highest BCUT2D eigenvalue weighted by atomic mass is 19.2. The first kappa shape index (κ1) is 20.3. The Morgan fingerprint density at radius 3 is 2.73 bits per heavy atom. The second kappa shape index (κ2) is 7.36. The normalized spacial score (nSPS) is 21.4. The lowest BCUT2D eigenvalue weighted by Gasteiger charge is -2.45. The monoisotopic (exact) mass is 457 g/mol. The summed E-state index contributed by atoms with van der Waals surface area (Å²) in [6.45, 7) is 1.27. The first-order valence-corrected chi connectivity index (χ1v) is 11.2. The minimum Gasteiger partial charge on any atom is -0.477 e. The van der Waals surface area contributed by atoms with E-state index in [-0.39, 0.29) is 23.6 Å². The van der Waals surface area contributed by atoms with Gasteiger partial charge in [-0.1, -0.05) is 0 Å². The van der Waals surface area contributed by atoms with E-state index < -0.39 is 17.5 Å². The maximum absolute atomic E-state index is 14.0. The van der Waals surface area contributed by atoms with Crippen LogP contribution in [0.3, 0.4) is 0 Å². The molecule has 3 aromatic rings. The van der Waals surface area contributed by atoms with Crippen LogP contribution < -0.4 is 4.74 Å². The number of rotatable bonds is 2. The van der Waals surface area contributed by atoms with Crippen molar-refractivity contribution in [2.45, 2.75) is 50.7 Å². The van der Waals surface area contributed by atoms with Crippen molar-refractivity contribution in [3.63, 3.8) is 0 Å². The van der Waals surface area contributed by atoms with Gasteiger partial charge in [-0.3, -0.25) is 9.48 Å². The standard InChI is InChI=1S/C23H22F3N5O2/c1-29-21(12-8-16(24)19(26)17(25)9-12)14-10-13-4-2-5-18(20(14)28-29)31(13)22(32)15-11-27-30-6-3-7-33-23(15)30/h8-9,11,13,18H,2-7,10H2,1H3/t13-,18+/m1/s1. The lowest BCUT2D eigenvalue weighted by molar-refractivity contribution is 0.0386. The van der Waals surface area contributed by atoms with E-state index in [4.69, 9.17) is 4.74 Å². The predicted octanol–water partition coefficient (Wildman–Crippen LogP) is 3.78. The van der Waals surface area contributed by atoms with E-state index in [2.05, 4.69) is 10.2 Å². The fourth-order valence-corrected chi connectivity index (χ4v) is 5.56. The molecule has 1 amide bonds. The Bertz CT molecular complexity index is 1260. The fourth-order valence-electron chi connectivity index (χ4n) is 5.56. The molecule has 7 nitrogen and oxygen atoms in total. The summed E-state index contributed by atoms with van der Waals surface area (Å²) in [6, 6.07) is 1.66. The highest BCUT2D eigenvalue weighted by Crippen LogP contribution is 2.45. The number of nitrogens with zero attached hydrogens (tertiary/aromatic N) is 5. The van der Waals surface area contributed by atoms with Crippen molar-refractivity contribution in [1.29, 1.82) is 0 Å². The summed E-state index contributed by atoms with van der Waals surface area (Å²) in [7, 11) is 1.70. The van der Waals surface area contributed by atoms with Gasteiger partial charge in [-0.15, -0.1) is 0 Å². The highest BCUT2D eigenvalue weighted by molar-refractivity contribution is 5.97. The number of hydrogen-bond acceptors (Lipinski definition) is 4. The molecule has 6 rings (SSSR count).